The molecule has 1 fully saturated rings. The van der Waals surface area contributed by atoms with E-state index in [1.165, 1.54) is 22.6 Å². The van der Waals surface area contributed by atoms with E-state index in [0.717, 1.165) is 29.0 Å². The summed E-state index contributed by atoms with van der Waals surface area (Å²) in [7, 11) is 0. The fourth-order valence-corrected chi connectivity index (χ4v) is 3.41. The smallest absolute Gasteiger partial charge is 0.157 e. The average Bonchev–Trinajstić information content (AvgIpc) is 2.89. The largest absolute Gasteiger partial charge is 0.308 e. The molecule has 17 heavy (non-hydrogen) atoms. The molecule has 2 heterocycles. The molecule has 1 aliphatic carbocycles. The summed E-state index contributed by atoms with van der Waals surface area (Å²) >= 11 is 3.53. The van der Waals surface area contributed by atoms with Crippen molar-refractivity contribution >= 4 is 22.7 Å². The van der Waals surface area contributed by atoms with Crippen LogP contribution >= 0.6 is 22.7 Å². The summed E-state index contributed by atoms with van der Waals surface area (Å²) < 4.78 is 0. The van der Waals surface area contributed by atoms with Crippen molar-refractivity contribution in [2.45, 2.75) is 38.8 Å². The third-order valence-electron chi connectivity index (χ3n) is 2.81. The Morgan fingerprint density at radius 2 is 2.18 bits per heavy atom. The van der Waals surface area contributed by atoms with Gasteiger partial charge in [0.1, 0.15) is 5.01 Å². The maximum atomic E-state index is 4.27. The van der Waals surface area contributed by atoms with Crippen molar-refractivity contribution in [2.75, 3.05) is 0 Å². The third-order valence-corrected chi connectivity index (χ3v) is 5.13. The van der Waals surface area contributed by atoms with Gasteiger partial charge in [-0.25, -0.2) is 0 Å². The number of aryl methyl sites for hydroxylation is 1. The van der Waals surface area contributed by atoms with Crippen LogP contribution in [0.4, 0.5) is 0 Å². The number of aromatic nitrogens is 2. The summed E-state index contributed by atoms with van der Waals surface area (Å²) in [5, 5.41) is 14.1. The second-order valence-electron chi connectivity index (χ2n) is 4.28. The van der Waals surface area contributed by atoms with Gasteiger partial charge in [-0.15, -0.1) is 21.5 Å². The molecule has 1 saturated carbocycles. The van der Waals surface area contributed by atoms with E-state index in [2.05, 4.69) is 34.6 Å². The van der Waals surface area contributed by atoms with Crippen LogP contribution in [0.25, 0.3) is 9.88 Å². The lowest BCUT2D eigenvalue weighted by Gasteiger charge is -1.95. The molecule has 0 saturated heterocycles. The van der Waals surface area contributed by atoms with E-state index < -0.39 is 0 Å². The quantitative estimate of drug-likeness (QED) is 0.903. The first-order valence-corrected chi connectivity index (χ1v) is 7.63. The molecule has 0 bridgehead atoms. The maximum Gasteiger partial charge on any atom is 0.157 e. The SMILES string of the molecule is CCc1ccc(-c2nnc(CNC3CC3)s2)s1. The molecule has 1 aliphatic rings. The van der Waals surface area contributed by atoms with Gasteiger partial charge in [-0.1, -0.05) is 18.3 Å². The molecule has 90 valence electrons. The van der Waals surface area contributed by atoms with Crippen molar-refractivity contribution in [1.82, 2.24) is 15.5 Å². The van der Waals surface area contributed by atoms with Gasteiger partial charge in [-0.05, 0) is 31.4 Å². The molecule has 0 amide bonds. The molecule has 0 aliphatic heterocycles. The lowest BCUT2D eigenvalue weighted by Crippen LogP contribution is -2.14. The van der Waals surface area contributed by atoms with Gasteiger partial charge in [0.25, 0.3) is 0 Å². The van der Waals surface area contributed by atoms with Crippen LogP contribution in [0, 0.1) is 0 Å². The first-order valence-electron chi connectivity index (χ1n) is 6.00. The van der Waals surface area contributed by atoms with Gasteiger partial charge in [0.05, 0.1) is 4.88 Å². The van der Waals surface area contributed by atoms with E-state index in [-0.39, 0.29) is 0 Å². The average molecular weight is 265 g/mol. The minimum atomic E-state index is 0.732. The van der Waals surface area contributed by atoms with Gasteiger partial charge >= 0.3 is 0 Å². The van der Waals surface area contributed by atoms with Crippen LogP contribution in [-0.2, 0) is 13.0 Å². The first kappa shape index (κ1) is 11.3. The Hall–Kier alpha value is -0.780. The molecule has 2 aromatic heterocycles. The van der Waals surface area contributed by atoms with Crippen LogP contribution in [0.2, 0.25) is 0 Å². The van der Waals surface area contributed by atoms with Gasteiger partial charge in [0, 0.05) is 17.5 Å². The minimum absolute atomic E-state index is 0.732. The van der Waals surface area contributed by atoms with Crippen molar-refractivity contribution in [3.63, 3.8) is 0 Å². The normalized spacial score (nSPS) is 15.4. The molecule has 0 aromatic carbocycles. The van der Waals surface area contributed by atoms with Crippen molar-refractivity contribution in [2.24, 2.45) is 0 Å². The van der Waals surface area contributed by atoms with Crippen molar-refractivity contribution < 1.29 is 0 Å². The fraction of sp³-hybridized carbons (Fsp3) is 0.500. The Morgan fingerprint density at radius 3 is 2.88 bits per heavy atom. The number of rotatable bonds is 5. The zero-order valence-electron chi connectivity index (χ0n) is 9.77. The standard InChI is InChI=1S/C12H15N3S2/c1-2-9-5-6-10(16-9)12-15-14-11(17-12)7-13-8-3-4-8/h5-6,8,13H,2-4,7H2,1H3. The van der Waals surface area contributed by atoms with Crippen molar-refractivity contribution in [3.8, 4) is 9.88 Å². The van der Waals surface area contributed by atoms with Crippen LogP contribution in [0.5, 0.6) is 0 Å². The van der Waals surface area contributed by atoms with Gasteiger partial charge < -0.3 is 5.32 Å². The van der Waals surface area contributed by atoms with Gasteiger partial charge in [0.2, 0.25) is 0 Å². The molecule has 0 spiro atoms. The summed E-state index contributed by atoms with van der Waals surface area (Å²) in [6, 6.07) is 5.07. The molecule has 0 atom stereocenters. The summed E-state index contributed by atoms with van der Waals surface area (Å²) in [5.74, 6) is 0. The van der Waals surface area contributed by atoms with E-state index in [4.69, 9.17) is 0 Å². The Balaban J connectivity index is 1.69. The molecule has 0 radical (unpaired) electrons. The van der Waals surface area contributed by atoms with Crippen LogP contribution in [0.15, 0.2) is 12.1 Å². The first-order chi connectivity index (χ1) is 8.35. The maximum absolute atomic E-state index is 4.27. The van der Waals surface area contributed by atoms with Crippen molar-refractivity contribution in [1.29, 1.82) is 0 Å². The molecule has 3 rings (SSSR count). The molecule has 3 nitrogen and oxygen atoms in total. The lowest BCUT2D eigenvalue weighted by molar-refractivity contribution is 0.679. The topological polar surface area (TPSA) is 37.8 Å². The third kappa shape index (κ3) is 2.73. The molecule has 1 N–H and O–H groups in total. The summed E-state index contributed by atoms with van der Waals surface area (Å²) in [6.45, 7) is 3.05. The fourth-order valence-electron chi connectivity index (χ4n) is 1.63. The highest BCUT2D eigenvalue weighted by atomic mass is 32.1. The highest BCUT2D eigenvalue weighted by molar-refractivity contribution is 7.21. The Kier molecular flexibility index (Phi) is 3.22. The number of hydrogen-bond acceptors (Lipinski definition) is 5. The second kappa shape index (κ2) is 4.84. The molecule has 0 unspecified atom stereocenters. The predicted molar refractivity (Wildman–Crippen MR) is 72.5 cm³/mol. The monoisotopic (exact) mass is 265 g/mol. The van der Waals surface area contributed by atoms with E-state index >= 15 is 0 Å². The van der Waals surface area contributed by atoms with Crippen molar-refractivity contribution in [3.05, 3.63) is 22.0 Å². The second-order valence-corrected chi connectivity index (χ2v) is 6.51. The van der Waals surface area contributed by atoms with E-state index in [0.29, 0.717) is 0 Å². The summed E-state index contributed by atoms with van der Waals surface area (Å²) in [5.41, 5.74) is 0. The van der Waals surface area contributed by atoms with E-state index in [1.807, 2.05) is 11.3 Å². The van der Waals surface area contributed by atoms with Crippen LogP contribution in [0.3, 0.4) is 0 Å². The highest BCUT2D eigenvalue weighted by Crippen LogP contribution is 2.30. The van der Waals surface area contributed by atoms with Crippen LogP contribution < -0.4 is 5.32 Å². The number of thiophene rings is 1. The Morgan fingerprint density at radius 1 is 1.29 bits per heavy atom. The molecule has 2 aromatic rings. The minimum Gasteiger partial charge on any atom is -0.308 e. The zero-order valence-corrected chi connectivity index (χ0v) is 11.4. The zero-order chi connectivity index (χ0) is 11.7. The summed E-state index contributed by atoms with van der Waals surface area (Å²) in [4.78, 5) is 2.66. The van der Waals surface area contributed by atoms with Crippen LogP contribution in [0.1, 0.15) is 29.7 Å². The number of nitrogens with one attached hydrogen (secondary N) is 1. The van der Waals surface area contributed by atoms with E-state index in [1.54, 1.807) is 11.3 Å². The molecule has 5 heteroatoms. The summed E-state index contributed by atoms with van der Waals surface area (Å²) in [6.07, 6.45) is 3.73. The van der Waals surface area contributed by atoms with Crippen LogP contribution in [-0.4, -0.2) is 16.2 Å². The highest BCUT2D eigenvalue weighted by Gasteiger charge is 2.20. The van der Waals surface area contributed by atoms with Gasteiger partial charge in [0.15, 0.2) is 5.01 Å². The Bertz CT molecular complexity index is 499. The van der Waals surface area contributed by atoms with E-state index in [9.17, 15) is 0 Å². The van der Waals surface area contributed by atoms with Gasteiger partial charge in [-0.2, -0.15) is 0 Å². The molecular formula is C12H15N3S2. The number of hydrogen-bond donors (Lipinski definition) is 1. The molecular weight excluding hydrogens is 250 g/mol. The lowest BCUT2D eigenvalue weighted by atomic mass is 10.4. The number of nitrogens with zero attached hydrogens (tertiary/aromatic N) is 2. The predicted octanol–water partition coefficient (Wildman–Crippen LogP) is 3.08. The Labute approximate surface area is 109 Å². The van der Waals surface area contributed by atoms with Gasteiger partial charge in [-0.3, -0.25) is 0 Å².